The molecule has 0 spiro atoms. The largest absolute Gasteiger partial charge is 0.293 e. The van der Waals surface area contributed by atoms with E-state index in [0.717, 1.165) is 23.2 Å². The lowest BCUT2D eigenvalue weighted by Crippen LogP contribution is -2.15. The Morgan fingerprint density at radius 3 is 2.34 bits per heavy atom. The third-order valence-corrected chi connectivity index (χ3v) is 6.68. The van der Waals surface area contributed by atoms with Crippen molar-refractivity contribution in [1.29, 1.82) is 0 Å². The van der Waals surface area contributed by atoms with Crippen LogP contribution in [-0.4, -0.2) is 25.8 Å². The molecule has 1 atom stereocenters. The lowest BCUT2D eigenvalue weighted by Gasteiger charge is -2.15. The second-order valence-electron chi connectivity index (χ2n) is 7.61. The lowest BCUT2D eigenvalue weighted by atomic mass is 10.1. The van der Waals surface area contributed by atoms with Gasteiger partial charge >= 0.3 is 0 Å². The van der Waals surface area contributed by atoms with Crippen molar-refractivity contribution in [2.75, 3.05) is 0 Å². The number of carbonyl (C=O) groups excluding carboxylic acids is 1. The van der Waals surface area contributed by atoms with Crippen molar-refractivity contribution in [3.8, 4) is 17.1 Å². The Morgan fingerprint density at radius 1 is 1.00 bits per heavy atom. The molecule has 162 valence electrons. The van der Waals surface area contributed by atoms with E-state index in [1.807, 2.05) is 78.2 Å². The molecule has 0 saturated heterocycles. The number of nitrogens with zero attached hydrogens (tertiary/aromatic N) is 3. The van der Waals surface area contributed by atoms with E-state index in [9.17, 15) is 4.79 Å². The molecule has 0 bridgehead atoms. The summed E-state index contributed by atoms with van der Waals surface area (Å²) in [5.74, 6) is 0.787. The van der Waals surface area contributed by atoms with Gasteiger partial charge in [-0.05, 0) is 61.7 Å². The molecule has 32 heavy (non-hydrogen) atoms. The summed E-state index contributed by atoms with van der Waals surface area (Å²) in [6, 6.07) is 23.5. The Labute approximate surface area is 197 Å². The van der Waals surface area contributed by atoms with E-state index in [0.29, 0.717) is 21.6 Å². The number of rotatable bonds is 7. The first-order chi connectivity index (χ1) is 15.5. The predicted molar refractivity (Wildman–Crippen MR) is 132 cm³/mol. The SMILES string of the molecule is CCc1ccc(C(=O)C(C)Sc2nnc(-c3ccc(Cl)cc3)n2-c2ccccc2C)cc1. The molecule has 0 fully saturated rings. The van der Waals surface area contributed by atoms with E-state index in [4.69, 9.17) is 11.6 Å². The number of hydrogen-bond donors (Lipinski definition) is 0. The maximum Gasteiger partial charge on any atom is 0.196 e. The number of benzene rings is 3. The summed E-state index contributed by atoms with van der Waals surface area (Å²) in [5.41, 5.74) is 4.91. The second-order valence-corrected chi connectivity index (χ2v) is 9.35. The van der Waals surface area contributed by atoms with Crippen LogP contribution in [0, 0.1) is 6.92 Å². The van der Waals surface area contributed by atoms with E-state index >= 15 is 0 Å². The van der Waals surface area contributed by atoms with E-state index in [2.05, 4.69) is 30.1 Å². The van der Waals surface area contributed by atoms with Crippen LogP contribution >= 0.6 is 23.4 Å². The Kier molecular flexibility index (Phi) is 6.77. The van der Waals surface area contributed by atoms with E-state index in [-0.39, 0.29) is 11.0 Å². The fourth-order valence-electron chi connectivity index (χ4n) is 3.51. The van der Waals surface area contributed by atoms with Crippen LogP contribution in [-0.2, 0) is 6.42 Å². The number of thioether (sulfide) groups is 1. The first-order valence-electron chi connectivity index (χ1n) is 10.5. The minimum absolute atomic E-state index is 0.0741. The van der Waals surface area contributed by atoms with Gasteiger partial charge in [0, 0.05) is 16.1 Å². The van der Waals surface area contributed by atoms with Gasteiger partial charge in [-0.2, -0.15) is 0 Å². The fourth-order valence-corrected chi connectivity index (χ4v) is 4.58. The van der Waals surface area contributed by atoms with Gasteiger partial charge in [0.15, 0.2) is 16.8 Å². The van der Waals surface area contributed by atoms with Crippen LogP contribution in [0.2, 0.25) is 5.02 Å². The molecular formula is C26H24ClN3OS. The number of Topliss-reactive ketones (excluding diaryl/α,β-unsaturated/α-hetero) is 1. The number of hydrogen-bond acceptors (Lipinski definition) is 4. The molecule has 4 aromatic rings. The normalized spacial score (nSPS) is 12.0. The van der Waals surface area contributed by atoms with E-state index < -0.39 is 0 Å². The Morgan fingerprint density at radius 2 is 1.69 bits per heavy atom. The lowest BCUT2D eigenvalue weighted by molar-refractivity contribution is 0.0994. The molecule has 0 aliphatic rings. The standard InChI is InChI=1S/C26H24ClN3OS/c1-4-19-9-11-20(12-10-19)24(31)18(3)32-26-29-28-25(21-13-15-22(27)16-14-21)30(26)23-8-6-5-7-17(23)2/h5-16,18H,4H2,1-3H3. The maximum atomic E-state index is 13.1. The minimum atomic E-state index is -0.312. The molecule has 1 aromatic heterocycles. The summed E-state index contributed by atoms with van der Waals surface area (Å²) in [6.07, 6.45) is 0.950. The Hall–Kier alpha value is -2.89. The molecule has 1 unspecified atom stereocenters. The van der Waals surface area contributed by atoms with Gasteiger partial charge in [-0.25, -0.2) is 0 Å². The number of ketones is 1. The summed E-state index contributed by atoms with van der Waals surface area (Å²) in [7, 11) is 0. The number of halogens is 1. The molecule has 0 aliphatic heterocycles. The van der Waals surface area contributed by atoms with Gasteiger partial charge in [0.05, 0.1) is 10.9 Å². The molecule has 6 heteroatoms. The van der Waals surface area contributed by atoms with Crippen molar-refractivity contribution < 1.29 is 4.79 Å². The maximum absolute atomic E-state index is 13.1. The van der Waals surface area contributed by atoms with Crippen molar-refractivity contribution in [3.05, 3.63) is 94.5 Å². The molecule has 0 amide bonds. The summed E-state index contributed by atoms with van der Waals surface area (Å²) in [5, 5.41) is 9.97. The van der Waals surface area contributed by atoms with E-state index in [1.165, 1.54) is 17.3 Å². The molecule has 4 rings (SSSR count). The summed E-state index contributed by atoms with van der Waals surface area (Å²) < 4.78 is 2.02. The van der Waals surface area contributed by atoms with E-state index in [1.54, 1.807) is 0 Å². The first kappa shape index (κ1) is 22.3. The molecule has 3 aromatic carbocycles. The van der Waals surface area contributed by atoms with Crippen LogP contribution in [0.5, 0.6) is 0 Å². The van der Waals surface area contributed by atoms with Crippen LogP contribution in [0.3, 0.4) is 0 Å². The van der Waals surface area contributed by atoms with Crippen molar-refractivity contribution in [2.24, 2.45) is 0 Å². The predicted octanol–water partition coefficient (Wildman–Crippen LogP) is 6.82. The number of aryl methyl sites for hydroxylation is 2. The summed E-state index contributed by atoms with van der Waals surface area (Å²) >= 11 is 7.50. The first-order valence-corrected chi connectivity index (χ1v) is 11.8. The molecule has 1 heterocycles. The van der Waals surface area contributed by atoms with Crippen molar-refractivity contribution in [3.63, 3.8) is 0 Å². The molecule has 4 nitrogen and oxygen atoms in total. The second kappa shape index (κ2) is 9.72. The number of carbonyl (C=O) groups is 1. The molecule has 0 radical (unpaired) electrons. The van der Waals surface area contributed by atoms with Gasteiger partial charge in [0.2, 0.25) is 0 Å². The number of aromatic nitrogens is 3. The fraction of sp³-hybridized carbons (Fsp3) is 0.192. The van der Waals surface area contributed by atoms with Gasteiger partial charge in [0.25, 0.3) is 0 Å². The zero-order valence-corrected chi connectivity index (χ0v) is 19.8. The van der Waals surface area contributed by atoms with Gasteiger partial charge < -0.3 is 0 Å². The number of para-hydroxylation sites is 1. The Balaban J connectivity index is 1.71. The van der Waals surface area contributed by atoms with Crippen LogP contribution in [0.25, 0.3) is 17.1 Å². The summed E-state index contributed by atoms with van der Waals surface area (Å²) in [6.45, 7) is 6.07. The van der Waals surface area contributed by atoms with Crippen LogP contribution in [0.1, 0.15) is 35.3 Å². The monoisotopic (exact) mass is 461 g/mol. The molecular weight excluding hydrogens is 438 g/mol. The highest BCUT2D eigenvalue weighted by Crippen LogP contribution is 2.32. The highest BCUT2D eigenvalue weighted by molar-refractivity contribution is 8.00. The molecule has 0 saturated carbocycles. The van der Waals surface area contributed by atoms with Gasteiger partial charge in [-0.3, -0.25) is 9.36 Å². The minimum Gasteiger partial charge on any atom is -0.293 e. The van der Waals surface area contributed by atoms with Gasteiger partial charge in [0.1, 0.15) is 0 Å². The highest BCUT2D eigenvalue weighted by Gasteiger charge is 2.23. The third kappa shape index (κ3) is 4.64. The Bertz CT molecular complexity index is 1230. The quantitative estimate of drug-likeness (QED) is 0.224. The third-order valence-electron chi connectivity index (χ3n) is 5.39. The average Bonchev–Trinajstić information content (AvgIpc) is 3.22. The summed E-state index contributed by atoms with van der Waals surface area (Å²) in [4.78, 5) is 13.1. The smallest absolute Gasteiger partial charge is 0.196 e. The van der Waals surface area contributed by atoms with Crippen molar-refractivity contribution in [2.45, 2.75) is 37.6 Å². The average molecular weight is 462 g/mol. The van der Waals surface area contributed by atoms with Crippen LogP contribution in [0.15, 0.2) is 78.0 Å². The molecule has 0 N–H and O–H groups in total. The molecule has 0 aliphatic carbocycles. The highest BCUT2D eigenvalue weighted by atomic mass is 35.5. The van der Waals surface area contributed by atoms with Gasteiger partial charge in [-0.15, -0.1) is 10.2 Å². The van der Waals surface area contributed by atoms with Crippen LogP contribution < -0.4 is 0 Å². The van der Waals surface area contributed by atoms with Crippen LogP contribution in [0.4, 0.5) is 0 Å². The zero-order valence-electron chi connectivity index (χ0n) is 18.2. The topological polar surface area (TPSA) is 47.8 Å². The van der Waals surface area contributed by atoms with Crippen molar-refractivity contribution >= 4 is 29.1 Å². The van der Waals surface area contributed by atoms with Crippen molar-refractivity contribution in [1.82, 2.24) is 14.8 Å². The van der Waals surface area contributed by atoms with Gasteiger partial charge in [-0.1, -0.05) is 72.8 Å². The zero-order chi connectivity index (χ0) is 22.7.